The van der Waals surface area contributed by atoms with Crippen LogP contribution in [0.2, 0.25) is 0 Å². The van der Waals surface area contributed by atoms with Gasteiger partial charge in [-0.15, -0.1) is 0 Å². The smallest absolute Gasteiger partial charge is 0.308 e. The summed E-state index contributed by atoms with van der Waals surface area (Å²) < 4.78 is 18.3. The van der Waals surface area contributed by atoms with Gasteiger partial charge in [-0.3, -0.25) is 9.59 Å². The topological polar surface area (TPSA) is 113 Å². The monoisotopic (exact) mass is 503 g/mol. The Kier molecular flexibility index (Phi) is 7.02. The Bertz CT molecular complexity index is 969. The molecule has 6 rings (SSSR count). The number of aromatic hydroxyl groups is 1. The second-order valence-corrected chi connectivity index (χ2v) is 11.0. The zero-order chi connectivity index (χ0) is 25.5. The van der Waals surface area contributed by atoms with E-state index in [2.05, 4.69) is 12.2 Å². The van der Waals surface area contributed by atoms with Crippen LogP contribution in [0.5, 0.6) is 5.75 Å². The molecular formula is C27H37NO8. The number of fused-ring (bicyclic) bond motifs is 2. The number of amides is 1. The highest BCUT2D eigenvalue weighted by atomic mass is 17.3. The van der Waals surface area contributed by atoms with E-state index < -0.39 is 29.9 Å². The number of esters is 1. The number of benzene rings is 1. The Labute approximate surface area is 211 Å². The summed E-state index contributed by atoms with van der Waals surface area (Å²) in [4.78, 5) is 36.8. The van der Waals surface area contributed by atoms with Crippen molar-refractivity contribution in [3.8, 4) is 5.75 Å². The first-order valence-corrected chi connectivity index (χ1v) is 13.1. The van der Waals surface area contributed by atoms with Gasteiger partial charge in [-0.05, 0) is 62.1 Å². The second-order valence-electron chi connectivity index (χ2n) is 11.0. The van der Waals surface area contributed by atoms with E-state index in [1.807, 2.05) is 26.0 Å². The van der Waals surface area contributed by atoms with Gasteiger partial charge in [0.1, 0.15) is 5.75 Å². The second kappa shape index (κ2) is 9.93. The number of phenolic OH excluding ortho intramolecular Hbond substituents is 1. The van der Waals surface area contributed by atoms with Crippen LogP contribution in [0.25, 0.3) is 0 Å². The molecular weight excluding hydrogens is 466 g/mol. The number of carbonyl (C=O) groups excluding carboxylic acids is 2. The van der Waals surface area contributed by atoms with Gasteiger partial charge in [-0.25, -0.2) is 9.78 Å². The van der Waals surface area contributed by atoms with Gasteiger partial charge in [0.25, 0.3) is 0 Å². The van der Waals surface area contributed by atoms with Crippen LogP contribution in [0.3, 0.4) is 0 Å². The van der Waals surface area contributed by atoms with Crippen LogP contribution >= 0.6 is 0 Å². The highest BCUT2D eigenvalue weighted by Gasteiger charge is 2.69. The summed E-state index contributed by atoms with van der Waals surface area (Å²) in [6.07, 6.45) is 2.85. The fourth-order valence-corrected chi connectivity index (χ4v) is 6.51. The summed E-state index contributed by atoms with van der Waals surface area (Å²) in [5, 5.41) is 12.2. The third kappa shape index (κ3) is 4.74. The molecule has 36 heavy (non-hydrogen) atoms. The molecule has 1 aromatic carbocycles. The molecule has 4 aliphatic heterocycles. The van der Waals surface area contributed by atoms with Crippen LogP contribution in [0, 0.1) is 23.7 Å². The number of rotatable bonds is 7. The van der Waals surface area contributed by atoms with Crippen molar-refractivity contribution < 1.29 is 38.7 Å². The molecule has 5 aliphatic rings. The summed E-state index contributed by atoms with van der Waals surface area (Å²) in [7, 11) is 0. The molecule has 2 unspecified atom stereocenters. The molecule has 2 N–H and O–H groups in total. The van der Waals surface area contributed by atoms with Gasteiger partial charge >= 0.3 is 5.97 Å². The lowest BCUT2D eigenvalue weighted by atomic mass is 9.58. The zero-order valence-corrected chi connectivity index (χ0v) is 21.2. The number of ether oxygens (including phenoxy) is 3. The van der Waals surface area contributed by atoms with Crippen molar-refractivity contribution in [3.05, 3.63) is 29.8 Å². The molecule has 0 radical (unpaired) electrons. The summed E-state index contributed by atoms with van der Waals surface area (Å²) in [5.74, 6) is -0.693. The standard InChI is InChI=1S/C27H37NO8/c1-16-4-9-21-17(2)24(33-25-27(21)20(16)12-14-26(3,34-25)35-36-27)32-23(31)11-10-22(30)28-15-13-18-5-7-19(29)8-6-18/h5-8,16-17,20-21,24-25,29H,4,9-15H2,1-3H3,(H,28,30)/t16-,17-,20+,21+,24-,25-,26?,27?/m1/s1. The third-order valence-corrected chi connectivity index (χ3v) is 8.57. The van der Waals surface area contributed by atoms with E-state index in [1.165, 1.54) is 0 Å². The Hall–Kier alpha value is -2.20. The summed E-state index contributed by atoms with van der Waals surface area (Å²) in [6, 6.07) is 6.85. The lowest BCUT2D eigenvalue weighted by Gasteiger charge is -2.59. The van der Waals surface area contributed by atoms with E-state index >= 15 is 0 Å². The molecule has 0 aromatic heterocycles. The maximum atomic E-state index is 12.7. The molecule has 198 valence electrons. The van der Waals surface area contributed by atoms with Gasteiger partial charge in [-0.1, -0.05) is 26.0 Å². The van der Waals surface area contributed by atoms with Crippen molar-refractivity contribution in [2.75, 3.05) is 6.54 Å². The van der Waals surface area contributed by atoms with E-state index in [0.717, 1.165) is 31.2 Å². The molecule has 9 heteroatoms. The van der Waals surface area contributed by atoms with E-state index in [4.69, 9.17) is 24.0 Å². The predicted octanol–water partition coefficient (Wildman–Crippen LogP) is 3.58. The van der Waals surface area contributed by atoms with Gasteiger partial charge in [0.2, 0.25) is 18.0 Å². The molecule has 1 spiro atoms. The van der Waals surface area contributed by atoms with Crippen molar-refractivity contribution in [1.82, 2.24) is 5.32 Å². The summed E-state index contributed by atoms with van der Waals surface area (Å²) >= 11 is 0. The zero-order valence-electron chi connectivity index (χ0n) is 21.2. The predicted molar refractivity (Wildman–Crippen MR) is 127 cm³/mol. The molecule has 4 heterocycles. The van der Waals surface area contributed by atoms with Gasteiger partial charge < -0.3 is 24.6 Å². The van der Waals surface area contributed by atoms with Gasteiger partial charge in [0, 0.05) is 31.2 Å². The SMILES string of the molecule is C[C@H]1[C@H](OC(=O)CCC(=O)NCCc2ccc(O)cc2)O[C@@H]2OC3(C)CC[C@H]4[C@H](C)CC[C@@H]1C24OO3. The van der Waals surface area contributed by atoms with Crippen LogP contribution in [0.4, 0.5) is 0 Å². The minimum absolute atomic E-state index is 0.0318. The first-order valence-electron chi connectivity index (χ1n) is 13.1. The maximum Gasteiger partial charge on any atom is 0.308 e. The van der Waals surface area contributed by atoms with Crippen molar-refractivity contribution in [1.29, 1.82) is 0 Å². The van der Waals surface area contributed by atoms with Crippen molar-refractivity contribution in [2.24, 2.45) is 23.7 Å². The average Bonchev–Trinajstić information content (AvgIpc) is 3.08. The Morgan fingerprint density at radius 1 is 1.08 bits per heavy atom. The van der Waals surface area contributed by atoms with Gasteiger partial charge in [0.15, 0.2) is 11.9 Å². The first-order chi connectivity index (χ1) is 17.2. The third-order valence-electron chi connectivity index (χ3n) is 8.57. The fourth-order valence-electron chi connectivity index (χ4n) is 6.51. The first kappa shape index (κ1) is 25.4. The van der Waals surface area contributed by atoms with E-state index in [1.54, 1.807) is 12.1 Å². The fraction of sp³-hybridized carbons (Fsp3) is 0.704. The molecule has 1 aromatic rings. The van der Waals surface area contributed by atoms with Crippen molar-refractivity contribution in [3.63, 3.8) is 0 Å². The molecule has 1 saturated carbocycles. The highest BCUT2D eigenvalue weighted by Crippen LogP contribution is 2.60. The van der Waals surface area contributed by atoms with Gasteiger partial charge in [0.05, 0.1) is 6.42 Å². The van der Waals surface area contributed by atoms with Crippen LogP contribution < -0.4 is 5.32 Å². The average molecular weight is 504 g/mol. The molecule has 8 atom stereocenters. The molecule has 2 bridgehead atoms. The molecule has 5 fully saturated rings. The van der Waals surface area contributed by atoms with Crippen LogP contribution in [0.1, 0.15) is 64.9 Å². The van der Waals surface area contributed by atoms with E-state index in [-0.39, 0.29) is 42.3 Å². The number of nitrogens with one attached hydrogen (secondary N) is 1. The number of hydrogen-bond donors (Lipinski definition) is 2. The summed E-state index contributed by atoms with van der Waals surface area (Å²) in [6.45, 7) is 6.59. The number of carbonyl (C=O) groups is 2. The molecule has 1 amide bonds. The highest BCUT2D eigenvalue weighted by molar-refractivity contribution is 5.81. The molecule has 1 aliphatic carbocycles. The van der Waals surface area contributed by atoms with Crippen molar-refractivity contribution in [2.45, 2.75) is 89.7 Å². The molecule has 9 nitrogen and oxygen atoms in total. The Morgan fingerprint density at radius 2 is 1.86 bits per heavy atom. The van der Waals surface area contributed by atoms with E-state index in [0.29, 0.717) is 18.9 Å². The van der Waals surface area contributed by atoms with Crippen LogP contribution in [-0.4, -0.2) is 47.5 Å². The molecule has 4 saturated heterocycles. The Morgan fingerprint density at radius 3 is 2.64 bits per heavy atom. The van der Waals surface area contributed by atoms with Crippen LogP contribution in [-0.2, 0) is 40.0 Å². The summed E-state index contributed by atoms with van der Waals surface area (Å²) in [5.41, 5.74) is 0.304. The van der Waals surface area contributed by atoms with Crippen LogP contribution in [0.15, 0.2) is 24.3 Å². The lowest BCUT2D eigenvalue weighted by molar-refractivity contribution is -0.576. The van der Waals surface area contributed by atoms with E-state index in [9.17, 15) is 14.7 Å². The largest absolute Gasteiger partial charge is 0.508 e. The number of hydrogen-bond acceptors (Lipinski definition) is 8. The minimum Gasteiger partial charge on any atom is -0.508 e. The number of phenols is 1. The maximum absolute atomic E-state index is 12.7. The van der Waals surface area contributed by atoms with Gasteiger partial charge in [-0.2, -0.15) is 0 Å². The van der Waals surface area contributed by atoms with Crippen molar-refractivity contribution >= 4 is 11.9 Å². The normalized spacial score (nSPS) is 39.1. The quantitative estimate of drug-likeness (QED) is 0.429. The lowest BCUT2D eigenvalue weighted by Crippen LogP contribution is -2.70. The Balaban J connectivity index is 1.15. The minimum atomic E-state index is -0.884.